The molecule has 1 N–H and O–H groups in total. The van der Waals surface area contributed by atoms with Crippen LogP contribution < -0.4 is 5.32 Å². The molecule has 2 amide bonds. The number of nitrogens with zero attached hydrogens (tertiary/aromatic N) is 3. The molecule has 2 bridgehead atoms. The highest BCUT2D eigenvalue weighted by Gasteiger charge is 2.44. The highest BCUT2D eigenvalue weighted by Crippen LogP contribution is 2.49. The maximum Gasteiger partial charge on any atom is 0.254 e. The molecule has 0 spiro atoms. The van der Waals surface area contributed by atoms with E-state index in [4.69, 9.17) is 0 Å². The molecule has 0 unspecified atom stereocenters. The summed E-state index contributed by atoms with van der Waals surface area (Å²) >= 11 is 0. The van der Waals surface area contributed by atoms with E-state index in [9.17, 15) is 9.59 Å². The SMILES string of the molecule is Cn1cc(C(=O)NCC2CCN(C(=O)[C@@H]3C[C@H]4CC[C@@H]3C4)CC2)cn1. The lowest BCUT2D eigenvalue weighted by molar-refractivity contribution is -0.138. The standard InChI is InChI=1S/C19H28N4O2/c1-22-12-16(11-21-22)18(24)20-10-13-4-6-23(7-5-13)19(25)17-9-14-2-3-15(17)8-14/h11-15,17H,2-10H2,1H3,(H,20,24)/t14-,15+,17+/m0/s1. The average molecular weight is 344 g/mol. The van der Waals surface area contributed by atoms with Crippen molar-refractivity contribution in [1.82, 2.24) is 20.0 Å². The minimum absolute atomic E-state index is 0.0615. The molecule has 1 aromatic rings. The van der Waals surface area contributed by atoms with Crippen LogP contribution in [0.2, 0.25) is 0 Å². The lowest BCUT2D eigenvalue weighted by atomic mass is 9.86. The van der Waals surface area contributed by atoms with Gasteiger partial charge < -0.3 is 10.2 Å². The molecule has 1 saturated heterocycles. The summed E-state index contributed by atoms with van der Waals surface area (Å²) in [5, 5.41) is 7.03. The second-order valence-electron chi connectivity index (χ2n) is 8.16. The second-order valence-corrected chi connectivity index (χ2v) is 8.16. The fraction of sp³-hybridized carbons (Fsp3) is 0.737. The number of piperidine rings is 1. The van der Waals surface area contributed by atoms with Gasteiger partial charge >= 0.3 is 0 Å². The van der Waals surface area contributed by atoms with Gasteiger partial charge in [-0.3, -0.25) is 14.3 Å². The average Bonchev–Trinajstić information content (AvgIpc) is 3.36. The first-order valence-corrected chi connectivity index (χ1v) is 9.66. The van der Waals surface area contributed by atoms with Crippen molar-refractivity contribution >= 4 is 11.8 Å². The number of fused-ring (bicyclic) bond motifs is 2. The molecule has 6 nitrogen and oxygen atoms in total. The van der Waals surface area contributed by atoms with Crippen molar-refractivity contribution in [2.24, 2.45) is 30.7 Å². The molecule has 3 atom stereocenters. The third-order valence-corrected chi connectivity index (χ3v) is 6.50. The van der Waals surface area contributed by atoms with Crippen molar-refractivity contribution in [2.75, 3.05) is 19.6 Å². The van der Waals surface area contributed by atoms with E-state index in [-0.39, 0.29) is 5.91 Å². The summed E-state index contributed by atoms with van der Waals surface area (Å²) in [7, 11) is 1.81. The largest absolute Gasteiger partial charge is 0.352 e. The van der Waals surface area contributed by atoms with Gasteiger partial charge in [-0.1, -0.05) is 6.42 Å². The minimum Gasteiger partial charge on any atom is -0.352 e. The number of amides is 2. The van der Waals surface area contributed by atoms with Crippen molar-refractivity contribution in [3.8, 4) is 0 Å². The van der Waals surface area contributed by atoms with Crippen molar-refractivity contribution in [1.29, 1.82) is 0 Å². The Kier molecular flexibility index (Phi) is 4.52. The Bertz CT molecular complexity index is 648. The highest BCUT2D eigenvalue weighted by molar-refractivity contribution is 5.93. The molecule has 0 radical (unpaired) electrons. The van der Waals surface area contributed by atoms with Gasteiger partial charge in [0.25, 0.3) is 5.91 Å². The summed E-state index contributed by atoms with van der Waals surface area (Å²) in [4.78, 5) is 27.0. The number of nitrogens with one attached hydrogen (secondary N) is 1. The van der Waals surface area contributed by atoms with Crippen molar-refractivity contribution < 1.29 is 9.59 Å². The van der Waals surface area contributed by atoms with Gasteiger partial charge in [-0.25, -0.2) is 0 Å². The molecule has 2 heterocycles. The molecule has 6 heteroatoms. The van der Waals surface area contributed by atoms with E-state index in [0.29, 0.717) is 35.8 Å². The van der Waals surface area contributed by atoms with E-state index < -0.39 is 0 Å². The van der Waals surface area contributed by atoms with E-state index in [1.807, 2.05) is 0 Å². The fourth-order valence-electron chi connectivity index (χ4n) is 5.02. The van der Waals surface area contributed by atoms with E-state index in [1.54, 1.807) is 24.1 Å². The Labute approximate surface area is 148 Å². The molecule has 1 aliphatic heterocycles. The number of rotatable bonds is 4. The van der Waals surface area contributed by atoms with Crippen molar-refractivity contribution in [2.45, 2.75) is 38.5 Å². The predicted octanol–water partition coefficient (Wildman–Crippen LogP) is 1.82. The van der Waals surface area contributed by atoms with Gasteiger partial charge in [0.1, 0.15) is 0 Å². The Balaban J connectivity index is 1.22. The number of carbonyl (C=O) groups excluding carboxylic acids is 2. The Morgan fingerprint density at radius 1 is 1.20 bits per heavy atom. The molecule has 4 rings (SSSR count). The number of hydrogen-bond donors (Lipinski definition) is 1. The van der Waals surface area contributed by atoms with E-state index >= 15 is 0 Å². The first-order chi connectivity index (χ1) is 12.1. The summed E-state index contributed by atoms with van der Waals surface area (Å²) in [5.41, 5.74) is 0.603. The zero-order valence-electron chi connectivity index (χ0n) is 15.0. The molecule has 0 aromatic carbocycles. The second kappa shape index (κ2) is 6.81. The molecule has 2 aliphatic carbocycles. The van der Waals surface area contributed by atoms with E-state index in [1.165, 1.54) is 19.3 Å². The maximum atomic E-state index is 12.8. The Hall–Kier alpha value is -1.85. The Morgan fingerprint density at radius 3 is 2.60 bits per heavy atom. The lowest BCUT2D eigenvalue weighted by Gasteiger charge is -2.35. The van der Waals surface area contributed by atoms with Crippen LogP contribution in [-0.4, -0.2) is 46.1 Å². The summed E-state index contributed by atoms with van der Waals surface area (Å²) in [5.74, 6) is 2.59. The summed E-state index contributed by atoms with van der Waals surface area (Å²) in [6.07, 6.45) is 10.3. The van der Waals surface area contributed by atoms with E-state index in [0.717, 1.165) is 38.3 Å². The number of aromatic nitrogens is 2. The monoisotopic (exact) mass is 344 g/mol. The van der Waals surface area contributed by atoms with Crippen LogP contribution in [0, 0.1) is 23.7 Å². The van der Waals surface area contributed by atoms with Crippen LogP contribution in [0.1, 0.15) is 48.9 Å². The normalized spacial score (nSPS) is 29.2. The van der Waals surface area contributed by atoms with Gasteiger partial charge in [-0.2, -0.15) is 5.10 Å². The maximum absolute atomic E-state index is 12.8. The first-order valence-electron chi connectivity index (χ1n) is 9.66. The lowest BCUT2D eigenvalue weighted by Crippen LogP contribution is -2.44. The highest BCUT2D eigenvalue weighted by atomic mass is 16.2. The third kappa shape index (κ3) is 3.44. The van der Waals surface area contributed by atoms with Crippen LogP contribution in [0.4, 0.5) is 0 Å². The van der Waals surface area contributed by atoms with Gasteiger partial charge in [-0.15, -0.1) is 0 Å². The van der Waals surface area contributed by atoms with Gasteiger partial charge in [-0.05, 0) is 49.9 Å². The van der Waals surface area contributed by atoms with Gasteiger partial charge in [0, 0.05) is 38.8 Å². The summed E-state index contributed by atoms with van der Waals surface area (Å²) in [6.45, 7) is 2.38. The van der Waals surface area contributed by atoms with Gasteiger partial charge in [0.15, 0.2) is 0 Å². The van der Waals surface area contributed by atoms with Crippen LogP contribution in [0.5, 0.6) is 0 Å². The summed E-state index contributed by atoms with van der Waals surface area (Å²) in [6, 6.07) is 0. The smallest absolute Gasteiger partial charge is 0.254 e. The molecule has 136 valence electrons. The third-order valence-electron chi connectivity index (χ3n) is 6.50. The predicted molar refractivity (Wildman–Crippen MR) is 93.8 cm³/mol. The number of aryl methyl sites for hydroxylation is 1. The molecule has 1 aromatic heterocycles. The quantitative estimate of drug-likeness (QED) is 0.906. The fourth-order valence-corrected chi connectivity index (χ4v) is 5.02. The molecule has 2 saturated carbocycles. The van der Waals surface area contributed by atoms with Crippen LogP contribution in [0.25, 0.3) is 0 Å². The number of hydrogen-bond acceptors (Lipinski definition) is 3. The summed E-state index contributed by atoms with van der Waals surface area (Å²) < 4.78 is 1.63. The molecular formula is C19H28N4O2. The molecule has 3 fully saturated rings. The van der Waals surface area contributed by atoms with Crippen LogP contribution in [0.3, 0.4) is 0 Å². The van der Waals surface area contributed by atoms with Gasteiger partial charge in [0.2, 0.25) is 5.91 Å². The Morgan fingerprint density at radius 2 is 2.00 bits per heavy atom. The van der Waals surface area contributed by atoms with Crippen molar-refractivity contribution in [3.63, 3.8) is 0 Å². The number of likely N-dealkylation sites (tertiary alicyclic amines) is 1. The number of carbonyl (C=O) groups is 2. The topological polar surface area (TPSA) is 67.2 Å². The van der Waals surface area contributed by atoms with Crippen LogP contribution in [0.15, 0.2) is 12.4 Å². The first kappa shape index (κ1) is 16.6. The molecule has 3 aliphatic rings. The van der Waals surface area contributed by atoms with Crippen molar-refractivity contribution in [3.05, 3.63) is 18.0 Å². The van der Waals surface area contributed by atoms with Crippen LogP contribution in [-0.2, 0) is 11.8 Å². The zero-order chi connectivity index (χ0) is 17.4. The van der Waals surface area contributed by atoms with Crippen LogP contribution >= 0.6 is 0 Å². The molecule has 25 heavy (non-hydrogen) atoms. The minimum atomic E-state index is -0.0615. The van der Waals surface area contributed by atoms with Gasteiger partial charge in [0.05, 0.1) is 11.8 Å². The van der Waals surface area contributed by atoms with E-state index in [2.05, 4.69) is 15.3 Å². The molecular weight excluding hydrogens is 316 g/mol. The zero-order valence-corrected chi connectivity index (χ0v) is 15.0.